The molecule has 106 valence electrons. The van der Waals surface area contributed by atoms with Crippen LogP contribution in [-0.4, -0.2) is 6.98 Å². The zero-order chi connectivity index (χ0) is 14.8. The summed E-state index contributed by atoms with van der Waals surface area (Å²) in [6.07, 6.45) is 0. The van der Waals surface area contributed by atoms with Crippen LogP contribution in [0.25, 0.3) is 0 Å². The van der Waals surface area contributed by atoms with E-state index in [-0.39, 0.29) is 63.0 Å². The molecule has 0 atom stereocenters. The van der Waals surface area contributed by atoms with Crippen LogP contribution in [0.4, 0.5) is 17.3 Å². The maximum absolute atomic E-state index is 12.9. The summed E-state index contributed by atoms with van der Waals surface area (Å²) >= 11 is 5.61. The first-order chi connectivity index (χ1) is 9.36. The summed E-state index contributed by atoms with van der Waals surface area (Å²) in [6.45, 7) is -4.91. The second-order valence-corrected chi connectivity index (χ2v) is 4.59. The molecule has 0 aliphatic carbocycles. The summed E-state index contributed by atoms with van der Waals surface area (Å²) in [7, 11) is 0. The Morgan fingerprint density at radius 3 is 2.14 bits per heavy atom. The Bertz CT molecular complexity index is 604. The summed E-state index contributed by atoms with van der Waals surface area (Å²) in [5.41, 5.74) is -0.0531. The minimum atomic E-state index is -5.00. The molecule has 2 aromatic rings. The van der Waals surface area contributed by atoms with E-state index in [2.05, 4.69) is 0 Å². The van der Waals surface area contributed by atoms with Gasteiger partial charge in [-0.05, 0) is 29.8 Å². The van der Waals surface area contributed by atoms with Crippen LogP contribution in [0.15, 0.2) is 42.5 Å². The predicted molar refractivity (Wildman–Crippen MR) is 70.9 cm³/mol. The zero-order valence-electron chi connectivity index (χ0n) is 11.1. The van der Waals surface area contributed by atoms with E-state index in [0.717, 1.165) is 12.1 Å². The second-order valence-electron chi connectivity index (χ2n) is 4.18. The van der Waals surface area contributed by atoms with Crippen LogP contribution in [-0.2, 0) is 6.61 Å². The molecule has 0 aliphatic rings. The molecule has 0 heterocycles. The Morgan fingerprint density at radius 2 is 1.62 bits per heavy atom. The average Bonchev–Trinajstić information content (AvgIpc) is 2.40. The third-order valence-electron chi connectivity index (χ3n) is 2.65. The van der Waals surface area contributed by atoms with E-state index in [1.807, 2.05) is 0 Å². The molecule has 0 fully saturated rings. The van der Waals surface area contributed by atoms with Gasteiger partial charge in [0.05, 0.1) is 5.02 Å². The van der Waals surface area contributed by atoms with Crippen molar-refractivity contribution in [2.75, 3.05) is 0 Å². The predicted octanol–water partition coefficient (Wildman–Crippen LogP) is 1.12. The molecule has 0 unspecified atom stereocenters. The van der Waals surface area contributed by atoms with Crippen LogP contribution < -0.4 is 61.6 Å². The molecule has 0 saturated heterocycles. The van der Waals surface area contributed by atoms with Gasteiger partial charge >= 0.3 is 58.4 Å². The molecule has 0 saturated carbocycles. The Balaban J connectivity index is 0.00000220. The number of hydrogen-bond donors (Lipinski definition) is 0. The zero-order valence-corrected chi connectivity index (χ0v) is 15.0. The van der Waals surface area contributed by atoms with Crippen LogP contribution >= 0.6 is 11.6 Å². The maximum atomic E-state index is 12.9. The van der Waals surface area contributed by atoms with Gasteiger partial charge in [-0.2, -0.15) is 0 Å². The fraction of sp³-hybridized carbons (Fsp3) is 0.0769. The van der Waals surface area contributed by atoms with Crippen molar-refractivity contribution in [2.24, 2.45) is 0 Å². The van der Waals surface area contributed by atoms with Crippen molar-refractivity contribution in [1.29, 1.82) is 0 Å². The normalized spacial score (nSPS) is 10.9. The van der Waals surface area contributed by atoms with Crippen molar-refractivity contribution in [1.82, 2.24) is 0 Å². The van der Waals surface area contributed by atoms with Crippen LogP contribution in [0, 0.1) is 5.82 Å². The smallest absolute Gasteiger partial charge is 0.489 e. The van der Waals surface area contributed by atoms with Gasteiger partial charge in [0.2, 0.25) is 0 Å². The molecule has 2 rings (SSSR count). The molecule has 1 nitrogen and oxygen atoms in total. The molecule has 2 aromatic carbocycles. The minimum absolute atomic E-state index is 0. The SMILES string of the molecule is Fc1ccc(COc2ccc([B-](F)(F)F)cc2)cc1Cl.[K+]. The van der Waals surface area contributed by atoms with Gasteiger partial charge in [-0.1, -0.05) is 29.8 Å². The summed E-state index contributed by atoms with van der Waals surface area (Å²) in [5.74, 6) is -0.235. The number of benzene rings is 2. The fourth-order valence-electron chi connectivity index (χ4n) is 1.58. The molecule has 0 amide bonds. The Morgan fingerprint density at radius 1 is 1.00 bits per heavy atom. The van der Waals surface area contributed by atoms with Crippen molar-refractivity contribution in [3.63, 3.8) is 0 Å². The summed E-state index contributed by atoms with van der Waals surface area (Å²) in [6, 6.07) is 8.53. The monoisotopic (exact) mass is 342 g/mol. The molecule has 0 N–H and O–H groups in total. The molecular formula is C13H9BClF4KO. The largest absolute Gasteiger partial charge is 1.00 e. The molecule has 0 aromatic heterocycles. The topological polar surface area (TPSA) is 9.23 Å². The van der Waals surface area contributed by atoms with E-state index in [0.29, 0.717) is 11.3 Å². The molecule has 21 heavy (non-hydrogen) atoms. The van der Waals surface area contributed by atoms with E-state index >= 15 is 0 Å². The number of hydrogen-bond acceptors (Lipinski definition) is 1. The van der Waals surface area contributed by atoms with Gasteiger partial charge in [0.1, 0.15) is 18.2 Å². The van der Waals surface area contributed by atoms with Crippen LogP contribution in [0.5, 0.6) is 5.75 Å². The van der Waals surface area contributed by atoms with Gasteiger partial charge in [0.25, 0.3) is 0 Å². The number of halogens is 5. The van der Waals surface area contributed by atoms with E-state index in [4.69, 9.17) is 16.3 Å². The first kappa shape index (κ1) is 19.0. The van der Waals surface area contributed by atoms with E-state index in [1.165, 1.54) is 30.3 Å². The van der Waals surface area contributed by atoms with Gasteiger partial charge in [0, 0.05) is 0 Å². The first-order valence-electron chi connectivity index (χ1n) is 5.73. The van der Waals surface area contributed by atoms with Crippen molar-refractivity contribution in [2.45, 2.75) is 6.61 Å². The summed E-state index contributed by atoms with van der Waals surface area (Å²) < 4.78 is 55.5. The Hall–Kier alpha value is -0.0487. The molecule has 0 aliphatic heterocycles. The number of ether oxygens (including phenoxy) is 1. The standard InChI is InChI=1S/C13H9BClF4O.K/c15-12-7-9(1-6-13(12)16)8-20-11-4-2-10(3-5-11)14(17,18)19;/h1-7H,8H2;/q-1;+1. The minimum Gasteiger partial charge on any atom is -0.489 e. The number of rotatable bonds is 4. The van der Waals surface area contributed by atoms with Gasteiger partial charge in [-0.25, -0.2) is 4.39 Å². The Labute approximate surface area is 167 Å². The molecule has 0 bridgehead atoms. The summed E-state index contributed by atoms with van der Waals surface area (Å²) in [5, 5.41) is -0.0266. The summed E-state index contributed by atoms with van der Waals surface area (Å²) in [4.78, 5) is 0. The van der Waals surface area contributed by atoms with Crippen LogP contribution in [0.1, 0.15) is 5.56 Å². The quantitative estimate of drug-likeness (QED) is 0.598. The van der Waals surface area contributed by atoms with Gasteiger partial charge in [-0.15, -0.1) is 5.46 Å². The molecular weight excluding hydrogens is 333 g/mol. The van der Waals surface area contributed by atoms with Crippen molar-refractivity contribution in [3.05, 3.63) is 58.9 Å². The van der Waals surface area contributed by atoms with Gasteiger partial charge in [0.15, 0.2) is 0 Å². The molecule has 0 radical (unpaired) electrons. The third kappa shape index (κ3) is 5.58. The van der Waals surface area contributed by atoms with Gasteiger partial charge in [-0.3, -0.25) is 0 Å². The van der Waals surface area contributed by atoms with Crippen molar-refractivity contribution in [3.8, 4) is 5.75 Å². The second kappa shape index (κ2) is 7.99. The van der Waals surface area contributed by atoms with E-state index in [1.54, 1.807) is 0 Å². The van der Waals surface area contributed by atoms with Crippen LogP contribution in [0.2, 0.25) is 5.02 Å². The van der Waals surface area contributed by atoms with Crippen molar-refractivity contribution >= 4 is 24.0 Å². The molecule has 8 heteroatoms. The van der Waals surface area contributed by atoms with E-state index < -0.39 is 18.3 Å². The third-order valence-corrected chi connectivity index (χ3v) is 2.94. The Kier molecular flexibility index (Phi) is 7.23. The van der Waals surface area contributed by atoms with Gasteiger partial charge < -0.3 is 17.7 Å². The average molecular weight is 343 g/mol. The molecule has 0 spiro atoms. The van der Waals surface area contributed by atoms with E-state index in [9.17, 15) is 17.3 Å². The van der Waals surface area contributed by atoms with Crippen molar-refractivity contribution < 1.29 is 73.5 Å². The first-order valence-corrected chi connectivity index (χ1v) is 6.11. The maximum Gasteiger partial charge on any atom is 1.00 e. The fourth-order valence-corrected chi connectivity index (χ4v) is 1.78. The van der Waals surface area contributed by atoms with Crippen LogP contribution in [0.3, 0.4) is 0 Å².